The van der Waals surface area contributed by atoms with Gasteiger partial charge in [-0.1, -0.05) is 41.0 Å². The van der Waals surface area contributed by atoms with Crippen molar-refractivity contribution in [3.8, 4) is 0 Å². The highest BCUT2D eigenvalue weighted by atomic mass is 16.1. The van der Waals surface area contributed by atoms with Gasteiger partial charge in [0.1, 0.15) is 5.78 Å². The van der Waals surface area contributed by atoms with Gasteiger partial charge in [0.15, 0.2) is 0 Å². The molecule has 0 rings (SSSR count). The first-order valence-corrected chi connectivity index (χ1v) is 6.02. The molecule has 0 spiro atoms. The fourth-order valence-electron chi connectivity index (χ4n) is 1.77. The fraction of sp³-hybridized carbons (Fsp3) is 0.923. The minimum Gasteiger partial charge on any atom is -0.327 e. The van der Waals surface area contributed by atoms with Gasteiger partial charge >= 0.3 is 0 Å². The van der Waals surface area contributed by atoms with Crippen molar-refractivity contribution in [2.45, 2.75) is 66.3 Å². The topological polar surface area (TPSA) is 43.1 Å². The van der Waals surface area contributed by atoms with Gasteiger partial charge in [0.05, 0.1) is 0 Å². The van der Waals surface area contributed by atoms with Crippen LogP contribution in [0.25, 0.3) is 0 Å². The number of Topliss-reactive ketones (excluding diaryl/α,β-unsaturated/α-hetero) is 1. The second kappa shape index (κ2) is 6.26. The molecule has 0 fully saturated rings. The molecule has 0 saturated carbocycles. The zero-order valence-electron chi connectivity index (χ0n) is 11.0. The van der Waals surface area contributed by atoms with Gasteiger partial charge < -0.3 is 5.73 Å². The Kier molecular flexibility index (Phi) is 6.11. The summed E-state index contributed by atoms with van der Waals surface area (Å²) < 4.78 is 0. The summed E-state index contributed by atoms with van der Waals surface area (Å²) in [6.07, 6.45) is 3.22. The Balaban J connectivity index is 3.87. The van der Waals surface area contributed by atoms with Crippen molar-refractivity contribution in [2.24, 2.45) is 17.1 Å². The van der Waals surface area contributed by atoms with Gasteiger partial charge in [0, 0.05) is 18.9 Å². The van der Waals surface area contributed by atoms with Crippen LogP contribution in [0.3, 0.4) is 0 Å². The highest BCUT2D eigenvalue weighted by molar-refractivity contribution is 5.79. The predicted octanol–water partition coefficient (Wildman–Crippen LogP) is 3.15. The van der Waals surface area contributed by atoms with Gasteiger partial charge in [0.25, 0.3) is 0 Å². The SMILES string of the molecule is CCC(C)CC(=O)CC(N)CC(C)(C)C. The van der Waals surface area contributed by atoms with Crippen LogP contribution in [0.1, 0.15) is 60.3 Å². The molecule has 0 amide bonds. The number of rotatable bonds is 6. The largest absolute Gasteiger partial charge is 0.327 e. The van der Waals surface area contributed by atoms with E-state index in [1.807, 2.05) is 0 Å². The van der Waals surface area contributed by atoms with Crippen molar-refractivity contribution in [1.82, 2.24) is 0 Å². The van der Waals surface area contributed by atoms with Crippen LogP contribution in [0.15, 0.2) is 0 Å². The molecule has 2 N–H and O–H groups in total. The molecule has 2 nitrogen and oxygen atoms in total. The minimum absolute atomic E-state index is 0.0292. The highest BCUT2D eigenvalue weighted by Gasteiger charge is 2.18. The van der Waals surface area contributed by atoms with Crippen molar-refractivity contribution in [1.29, 1.82) is 0 Å². The third-order valence-corrected chi connectivity index (χ3v) is 2.64. The summed E-state index contributed by atoms with van der Waals surface area (Å²) in [5.74, 6) is 0.820. The van der Waals surface area contributed by atoms with Gasteiger partial charge in [-0.05, 0) is 17.8 Å². The minimum atomic E-state index is 0.0292. The molecule has 0 bridgehead atoms. The average molecular weight is 213 g/mol. The van der Waals surface area contributed by atoms with Crippen LogP contribution < -0.4 is 5.73 Å². The fourth-order valence-corrected chi connectivity index (χ4v) is 1.77. The van der Waals surface area contributed by atoms with Crippen LogP contribution in [-0.4, -0.2) is 11.8 Å². The van der Waals surface area contributed by atoms with Crippen molar-refractivity contribution >= 4 is 5.78 Å². The Morgan fingerprint density at radius 2 is 1.80 bits per heavy atom. The molecule has 0 aliphatic heterocycles. The van der Waals surface area contributed by atoms with E-state index >= 15 is 0 Å². The van der Waals surface area contributed by atoms with E-state index in [0.717, 1.165) is 12.8 Å². The van der Waals surface area contributed by atoms with Crippen molar-refractivity contribution < 1.29 is 4.79 Å². The Bertz CT molecular complexity index is 193. The molecule has 2 unspecified atom stereocenters. The molecule has 0 aliphatic rings. The third kappa shape index (κ3) is 8.61. The lowest BCUT2D eigenvalue weighted by molar-refractivity contribution is -0.120. The van der Waals surface area contributed by atoms with E-state index in [2.05, 4.69) is 34.6 Å². The molecular weight excluding hydrogens is 186 g/mol. The Hall–Kier alpha value is -0.370. The summed E-state index contributed by atoms with van der Waals surface area (Å²) in [6, 6.07) is 0.0292. The number of ketones is 1. The number of nitrogens with two attached hydrogens (primary N) is 1. The monoisotopic (exact) mass is 213 g/mol. The molecule has 2 atom stereocenters. The first-order valence-electron chi connectivity index (χ1n) is 6.02. The Morgan fingerprint density at radius 3 is 2.20 bits per heavy atom. The first kappa shape index (κ1) is 14.6. The normalized spacial score (nSPS) is 16.1. The molecule has 0 aliphatic carbocycles. The molecule has 0 aromatic rings. The van der Waals surface area contributed by atoms with E-state index in [4.69, 9.17) is 5.73 Å². The number of hydrogen-bond acceptors (Lipinski definition) is 2. The van der Waals surface area contributed by atoms with Crippen LogP contribution in [-0.2, 0) is 4.79 Å². The van der Waals surface area contributed by atoms with Gasteiger partial charge in [0.2, 0.25) is 0 Å². The molecule has 2 heteroatoms. The first-order chi connectivity index (χ1) is 6.74. The van der Waals surface area contributed by atoms with E-state index < -0.39 is 0 Å². The van der Waals surface area contributed by atoms with Crippen molar-refractivity contribution in [3.05, 3.63) is 0 Å². The second-order valence-electron chi connectivity index (χ2n) is 5.99. The molecule has 0 heterocycles. The van der Waals surface area contributed by atoms with Crippen LogP contribution in [0.4, 0.5) is 0 Å². The smallest absolute Gasteiger partial charge is 0.134 e. The summed E-state index contributed by atoms with van der Waals surface area (Å²) in [7, 11) is 0. The zero-order chi connectivity index (χ0) is 12.1. The number of hydrogen-bond donors (Lipinski definition) is 1. The molecular formula is C13H27NO. The lowest BCUT2D eigenvalue weighted by Crippen LogP contribution is -2.29. The second-order valence-corrected chi connectivity index (χ2v) is 5.99. The quantitative estimate of drug-likeness (QED) is 0.736. The maximum Gasteiger partial charge on any atom is 0.134 e. The zero-order valence-corrected chi connectivity index (χ0v) is 11.0. The lowest BCUT2D eigenvalue weighted by Gasteiger charge is -2.22. The van der Waals surface area contributed by atoms with E-state index in [0.29, 0.717) is 24.5 Å². The summed E-state index contributed by atoms with van der Waals surface area (Å²) >= 11 is 0. The van der Waals surface area contributed by atoms with Crippen LogP contribution in [0.2, 0.25) is 0 Å². The highest BCUT2D eigenvalue weighted by Crippen LogP contribution is 2.21. The predicted molar refractivity (Wildman–Crippen MR) is 65.7 cm³/mol. The lowest BCUT2D eigenvalue weighted by atomic mass is 9.86. The van der Waals surface area contributed by atoms with Gasteiger partial charge in [-0.3, -0.25) is 4.79 Å². The van der Waals surface area contributed by atoms with Crippen LogP contribution >= 0.6 is 0 Å². The van der Waals surface area contributed by atoms with Gasteiger partial charge in [-0.2, -0.15) is 0 Å². The number of carbonyl (C=O) groups excluding carboxylic acids is 1. The van der Waals surface area contributed by atoms with Crippen molar-refractivity contribution in [2.75, 3.05) is 0 Å². The van der Waals surface area contributed by atoms with Crippen LogP contribution in [0.5, 0.6) is 0 Å². The summed E-state index contributed by atoms with van der Waals surface area (Å²) in [4.78, 5) is 11.6. The van der Waals surface area contributed by atoms with E-state index in [1.54, 1.807) is 0 Å². The summed E-state index contributed by atoms with van der Waals surface area (Å²) in [5.41, 5.74) is 6.18. The van der Waals surface area contributed by atoms with E-state index in [9.17, 15) is 4.79 Å². The van der Waals surface area contributed by atoms with E-state index in [1.165, 1.54) is 0 Å². The summed E-state index contributed by atoms with van der Waals surface area (Å²) in [6.45, 7) is 10.7. The molecule has 0 aromatic carbocycles. The number of carbonyl (C=O) groups is 1. The Morgan fingerprint density at radius 1 is 1.27 bits per heavy atom. The third-order valence-electron chi connectivity index (χ3n) is 2.64. The maximum atomic E-state index is 11.6. The average Bonchev–Trinajstić information content (AvgIpc) is 1.99. The molecule has 15 heavy (non-hydrogen) atoms. The van der Waals surface area contributed by atoms with E-state index in [-0.39, 0.29) is 11.5 Å². The van der Waals surface area contributed by atoms with Gasteiger partial charge in [-0.15, -0.1) is 0 Å². The van der Waals surface area contributed by atoms with Crippen molar-refractivity contribution in [3.63, 3.8) is 0 Å². The Labute approximate surface area is 94.6 Å². The maximum absolute atomic E-state index is 11.6. The molecule has 0 saturated heterocycles. The molecule has 0 aromatic heterocycles. The summed E-state index contributed by atoms with van der Waals surface area (Å²) in [5, 5.41) is 0. The standard InChI is InChI=1S/C13H27NO/c1-6-10(2)7-12(15)8-11(14)9-13(3,4)5/h10-11H,6-9,14H2,1-5H3. The van der Waals surface area contributed by atoms with Crippen LogP contribution in [0, 0.1) is 11.3 Å². The molecule has 0 radical (unpaired) electrons. The van der Waals surface area contributed by atoms with Gasteiger partial charge in [-0.25, -0.2) is 0 Å². The molecule has 90 valence electrons.